The number of esters is 1. The first-order chi connectivity index (χ1) is 17.8. The van der Waals surface area contributed by atoms with Gasteiger partial charge in [-0.25, -0.2) is 9.78 Å². The van der Waals surface area contributed by atoms with Crippen molar-refractivity contribution in [1.82, 2.24) is 15.2 Å². The van der Waals surface area contributed by atoms with E-state index in [2.05, 4.69) is 37.0 Å². The molecule has 0 amide bonds. The number of fused-ring (bicyclic) bond motifs is 1. The lowest BCUT2D eigenvalue weighted by molar-refractivity contribution is -0.138. The third kappa shape index (κ3) is 4.97. The molecular weight excluding hydrogens is 483 g/mol. The van der Waals surface area contributed by atoms with Crippen LogP contribution in [-0.4, -0.2) is 53.9 Å². The van der Waals surface area contributed by atoms with Crippen molar-refractivity contribution >= 4 is 17.6 Å². The van der Waals surface area contributed by atoms with E-state index >= 15 is 0 Å². The number of halogens is 3. The van der Waals surface area contributed by atoms with E-state index in [0.29, 0.717) is 19.6 Å². The molecule has 1 aliphatic heterocycles. The van der Waals surface area contributed by atoms with Gasteiger partial charge in [0.05, 0.1) is 23.9 Å². The normalized spacial score (nSPS) is 17.6. The number of hydrogen-bond acceptors (Lipinski definition) is 7. The molecule has 1 atom stereocenters. The molecule has 0 bridgehead atoms. The Kier molecular flexibility index (Phi) is 6.74. The zero-order chi connectivity index (χ0) is 26.2. The Hall–Kier alpha value is -3.69. The fraction of sp³-hybridized carbons (Fsp3) is 0.407. The van der Waals surface area contributed by atoms with Crippen LogP contribution in [0.15, 0.2) is 42.6 Å². The Morgan fingerprint density at radius 2 is 1.86 bits per heavy atom. The number of aromatic nitrogens is 3. The van der Waals surface area contributed by atoms with Crippen molar-refractivity contribution in [2.75, 3.05) is 36.5 Å². The van der Waals surface area contributed by atoms with Crippen molar-refractivity contribution in [3.8, 4) is 0 Å². The summed E-state index contributed by atoms with van der Waals surface area (Å²) < 4.78 is 45.6. The zero-order valence-corrected chi connectivity index (χ0v) is 20.8. The number of anilines is 2. The minimum Gasteiger partial charge on any atom is -0.465 e. The van der Waals surface area contributed by atoms with E-state index in [-0.39, 0.29) is 11.9 Å². The first-order valence-corrected chi connectivity index (χ1v) is 12.3. The summed E-state index contributed by atoms with van der Waals surface area (Å²) in [7, 11) is 1.05. The third-order valence-corrected chi connectivity index (χ3v) is 7.14. The van der Waals surface area contributed by atoms with Gasteiger partial charge in [0.1, 0.15) is 5.82 Å². The molecule has 0 radical (unpaired) electrons. The van der Waals surface area contributed by atoms with Crippen LogP contribution in [0.1, 0.15) is 51.7 Å². The fourth-order valence-corrected chi connectivity index (χ4v) is 5.32. The van der Waals surface area contributed by atoms with Crippen LogP contribution >= 0.6 is 0 Å². The van der Waals surface area contributed by atoms with Gasteiger partial charge >= 0.3 is 12.1 Å². The van der Waals surface area contributed by atoms with Crippen LogP contribution in [0.3, 0.4) is 0 Å². The van der Waals surface area contributed by atoms with Crippen LogP contribution in [-0.2, 0) is 30.2 Å². The number of pyridine rings is 1. The SMILES string of the molecule is COC(=O)c1cnc(N2CCN(c3nnc(Cc4ccccc4)c4c3CCC4)CC2C)cc1C(F)(F)F. The second-order valence-electron chi connectivity index (χ2n) is 9.51. The summed E-state index contributed by atoms with van der Waals surface area (Å²) in [6, 6.07) is 11.0. The van der Waals surface area contributed by atoms with Gasteiger partial charge in [0, 0.05) is 43.9 Å². The summed E-state index contributed by atoms with van der Waals surface area (Å²) in [5.74, 6) is -0.00479. The number of carbonyl (C=O) groups excluding carboxylic acids is 1. The average Bonchev–Trinajstić information content (AvgIpc) is 3.39. The maximum Gasteiger partial charge on any atom is 0.417 e. The largest absolute Gasteiger partial charge is 0.465 e. The molecule has 37 heavy (non-hydrogen) atoms. The Balaban J connectivity index is 1.37. The lowest BCUT2D eigenvalue weighted by Crippen LogP contribution is -2.53. The number of hydrogen-bond donors (Lipinski definition) is 0. The molecule has 0 saturated carbocycles. The van der Waals surface area contributed by atoms with E-state index in [1.165, 1.54) is 16.7 Å². The van der Waals surface area contributed by atoms with Gasteiger partial charge in [0.2, 0.25) is 0 Å². The second kappa shape index (κ2) is 9.99. The molecule has 5 rings (SSSR count). The van der Waals surface area contributed by atoms with Gasteiger partial charge in [-0.15, -0.1) is 5.10 Å². The average molecular weight is 512 g/mol. The predicted molar refractivity (Wildman–Crippen MR) is 133 cm³/mol. The number of carbonyl (C=O) groups is 1. The van der Waals surface area contributed by atoms with Gasteiger partial charge in [-0.3, -0.25) is 0 Å². The predicted octanol–water partition coefficient (Wildman–Crippen LogP) is 4.47. The summed E-state index contributed by atoms with van der Waals surface area (Å²) in [6.45, 7) is 3.56. The van der Waals surface area contributed by atoms with Crippen LogP contribution in [0.25, 0.3) is 0 Å². The highest BCUT2D eigenvalue weighted by atomic mass is 19.4. The maximum atomic E-state index is 13.7. The highest BCUT2D eigenvalue weighted by Gasteiger charge is 2.38. The minimum atomic E-state index is -4.70. The van der Waals surface area contributed by atoms with Gasteiger partial charge in [-0.05, 0) is 43.4 Å². The van der Waals surface area contributed by atoms with Crippen molar-refractivity contribution < 1.29 is 22.7 Å². The molecule has 3 heterocycles. The highest BCUT2D eigenvalue weighted by molar-refractivity contribution is 5.91. The molecule has 194 valence electrons. The number of nitrogens with zero attached hydrogens (tertiary/aromatic N) is 5. The summed E-state index contributed by atoms with van der Waals surface area (Å²) in [4.78, 5) is 20.1. The molecule has 3 aromatic rings. The van der Waals surface area contributed by atoms with E-state index in [9.17, 15) is 18.0 Å². The van der Waals surface area contributed by atoms with Gasteiger partial charge < -0.3 is 14.5 Å². The lowest BCUT2D eigenvalue weighted by atomic mass is 10.0. The molecule has 0 spiro atoms. The Bertz CT molecular complexity index is 1300. The first-order valence-electron chi connectivity index (χ1n) is 12.3. The Morgan fingerprint density at radius 3 is 2.57 bits per heavy atom. The molecular formula is C27H28F3N5O2. The van der Waals surface area contributed by atoms with Crippen molar-refractivity contribution in [3.63, 3.8) is 0 Å². The van der Waals surface area contributed by atoms with Crippen LogP contribution < -0.4 is 9.80 Å². The molecule has 10 heteroatoms. The molecule has 1 aliphatic carbocycles. The van der Waals surface area contributed by atoms with Crippen LogP contribution in [0, 0.1) is 0 Å². The number of methoxy groups -OCH3 is 1. The number of piperazine rings is 1. The maximum absolute atomic E-state index is 13.7. The smallest absolute Gasteiger partial charge is 0.417 e. The van der Waals surface area contributed by atoms with Crippen LogP contribution in [0.5, 0.6) is 0 Å². The van der Waals surface area contributed by atoms with Crippen molar-refractivity contribution in [2.24, 2.45) is 0 Å². The van der Waals surface area contributed by atoms with Crippen LogP contribution in [0.4, 0.5) is 24.8 Å². The van der Waals surface area contributed by atoms with Gasteiger partial charge in [0.25, 0.3) is 0 Å². The molecule has 2 aromatic heterocycles. The summed E-state index contributed by atoms with van der Waals surface area (Å²) in [5, 5.41) is 9.24. The fourth-order valence-electron chi connectivity index (χ4n) is 5.32. The van der Waals surface area contributed by atoms with E-state index in [0.717, 1.165) is 56.6 Å². The molecule has 1 aromatic carbocycles. The monoisotopic (exact) mass is 511 g/mol. The highest BCUT2D eigenvalue weighted by Crippen LogP contribution is 2.36. The Morgan fingerprint density at radius 1 is 1.11 bits per heavy atom. The van der Waals surface area contributed by atoms with Crippen molar-refractivity contribution in [2.45, 2.75) is 44.8 Å². The molecule has 2 aliphatic rings. The number of benzene rings is 1. The van der Waals surface area contributed by atoms with Gasteiger partial charge in [0.15, 0.2) is 5.82 Å². The topological polar surface area (TPSA) is 71.5 Å². The van der Waals surface area contributed by atoms with E-state index < -0.39 is 23.3 Å². The summed E-state index contributed by atoms with van der Waals surface area (Å²) in [5.41, 5.74) is 3.09. The number of rotatable bonds is 5. The minimum absolute atomic E-state index is 0.130. The van der Waals surface area contributed by atoms with E-state index in [1.54, 1.807) is 0 Å². The molecule has 0 N–H and O–H groups in total. The third-order valence-electron chi connectivity index (χ3n) is 7.14. The second-order valence-corrected chi connectivity index (χ2v) is 9.51. The standard InChI is InChI=1S/C27H28F3N5O2/c1-17-16-34(11-12-35(17)24-14-22(27(28,29)30)21(15-31-24)26(36)37-2)25-20-10-6-9-19(20)23(32-33-25)13-18-7-4-3-5-8-18/h3-5,7-8,14-15,17H,6,9-13,16H2,1-2H3. The van der Waals surface area contributed by atoms with E-state index in [4.69, 9.17) is 0 Å². The quantitative estimate of drug-likeness (QED) is 0.468. The van der Waals surface area contributed by atoms with Gasteiger partial charge in [-0.1, -0.05) is 30.3 Å². The van der Waals surface area contributed by atoms with Gasteiger partial charge in [-0.2, -0.15) is 18.3 Å². The zero-order valence-electron chi connectivity index (χ0n) is 20.8. The number of alkyl halides is 3. The Labute approximate surface area is 213 Å². The molecule has 1 fully saturated rings. The van der Waals surface area contributed by atoms with E-state index in [1.807, 2.05) is 30.0 Å². The molecule has 7 nitrogen and oxygen atoms in total. The lowest BCUT2D eigenvalue weighted by Gasteiger charge is -2.41. The first kappa shape index (κ1) is 25.0. The number of ether oxygens (including phenoxy) is 1. The molecule has 1 unspecified atom stereocenters. The molecule has 1 saturated heterocycles. The van der Waals surface area contributed by atoms with Crippen LogP contribution in [0.2, 0.25) is 0 Å². The summed E-state index contributed by atoms with van der Waals surface area (Å²) >= 11 is 0. The van der Waals surface area contributed by atoms with Crippen molar-refractivity contribution in [1.29, 1.82) is 0 Å². The van der Waals surface area contributed by atoms with Crippen molar-refractivity contribution in [3.05, 3.63) is 76.1 Å². The summed E-state index contributed by atoms with van der Waals surface area (Å²) in [6.07, 6.45) is -0.0236.